The van der Waals surface area contributed by atoms with E-state index in [-0.39, 0.29) is 5.91 Å². The Bertz CT molecular complexity index is 534. The molecule has 2 saturated heterocycles. The van der Waals surface area contributed by atoms with E-state index >= 15 is 0 Å². The number of carbonyl (C=O) groups excluding carboxylic acids is 1. The molecule has 5 heteroatoms. The van der Waals surface area contributed by atoms with Crippen LogP contribution in [0.2, 0.25) is 5.02 Å². The first-order chi connectivity index (χ1) is 10.1. The average Bonchev–Trinajstić information content (AvgIpc) is 2.78. The van der Waals surface area contributed by atoms with Gasteiger partial charge in [0.25, 0.3) is 0 Å². The predicted molar refractivity (Wildman–Crippen MR) is 85.8 cm³/mol. The van der Waals surface area contributed by atoms with Gasteiger partial charge >= 0.3 is 0 Å². The molecular formula is C16H22ClN3O. The van der Waals surface area contributed by atoms with E-state index in [4.69, 9.17) is 11.6 Å². The van der Waals surface area contributed by atoms with Gasteiger partial charge in [-0.15, -0.1) is 0 Å². The van der Waals surface area contributed by atoms with Crippen molar-refractivity contribution < 1.29 is 4.79 Å². The number of fused-ring (bicyclic) bond motifs is 2. The van der Waals surface area contributed by atoms with E-state index < -0.39 is 0 Å². The Morgan fingerprint density at radius 1 is 1.38 bits per heavy atom. The van der Waals surface area contributed by atoms with Crippen LogP contribution >= 0.6 is 11.6 Å². The molecule has 2 N–H and O–H groups in total. The lowest BCUT2D eigenvalue weighted by Crippen LogP contribution is -2.39. The maximum atomic E-state index is 12.2. The number of rotatable bonds is 3. The third kappa shape index (κ3) is 3.57. The second kappa shape index (κ2) is 6.34. The molecule has 21 heavy (non-hydrogen) atoms. The van der Waals surface area contributed by atoms with Crippen LogP contribution in [-0.2, 0) is 4.79 Å². The molecule has 2 aliphatic heterocycles. The molecule has 2 atom stereocenters. The Morgan fingerprint density at radius 2 is 2.19 bits per heavy atom. The Hall–Kier alpha value is -1.10. The van der Waals surface area contributed by atoms with Gasteiger partial charge < -0.3 is 10.6 Å². The molecule has 3 rings (SSSR count). The molecule has 2 fully saturated rings. The second-order valence-electron chi connectivity index (χ2n) is 6.12. The summed E-state index contributed by atoms with van der Waals surface area (Å²) in [6, 6.07) is 6.80. The van der Waals surface area contributed by atoms with Crippen LogP contribution in [0.25, 0.3) is 0 Å². The fourth-order valence-electron chi connectivity index (χ4n) is 3.29. The van der Waals surface area contributed by atoms with Gasteiger partial charge in [-0.1, -0.05) is 17.7 Å². The second-order valence-corrected chi connectivity index (χ2v) is 6.53. The number of halogens is 1. The molecule has 0 aromatic heterocycles. The molecule has 1 aromatic carbocycles. The van der Waals surface area contributed by atoms with Crippen molar-refractivity contribution in [2.24, 2.45) is 0 Å². The van der Waals surface area contributed by atoms with Crippen molar-refractivity contribution in [3.8, 4) is 0 Å². The number of carbonyl (C=O) groups is 1. The molecule has 2 aliphatic rings. The molecule has 4 nitrogen and oxygen atoms in total. The highest BCUT2D eigenvalue weighted by molar-refractivity contribution is 6.31. The lowest BCUT2D eigenvalue weighted by Gasteiger charge is -2.23. The summed E-state index contributed by atoms with van der Waals surface area (Å²) in [5.74, 6) is 0.0399. The third-order valence-corrected chi connectivity index (χ3v) is 4.93. The van der Waals surface area contributed by atoms with Crippen molar-refractivity contribution in [1.82, 2.24) is 10.2 Å². The minimum absolute atomic E-state index is 0.0399. The first-order valence-electron chi connectivity index (χ1n) is 7.65. The highest BCUT2D eigenvalue weighted by Gasteiger charge is 2.29. The fraction of sp³-hybridized carbons (Fsp3) is 0.562. The molecule has 0 saturated carbocycles. The molecule has 2 unspecified atom stereocenters. The van der Waals surface area contributed by atoms with E-state index in [9.17, 15) is 4.79 Å². The SMILES string of the molecule is Cc1c(Cl)cccc1NC(=O)CN1CCC2CCC(C1)N2. The summed E-state index contributed by atoms with van der Waals surface area (Å²) >= 11 is 6.08. The van der Waals surface area contributed by atoms with Crippen molar-refractivity contribution in [3.05, 3.63) is 28.8 Å². The van der Waals surface area contributed by atoms with Gasteiger partial charge in [0.2, 0.25) is 5.91 Å². The Labute approximate surface area is 130 Å². The molecule has 1 aromatic rings. The monoisotopic (exact) mass is 307 g/mol. The van der Waals surface area contributed by atoms with E-state index in [1.165, 1.54) is 12.8 Å². The zero-order valence-corrected chi connectivity index (χ0v) is 13.1. The topological polar surface area (TPSA) is 44.4 Å². The van der Waals surface area contributed by atoms with Gasteiger partial charge in [-0.05, 0) is 43.9 Å². The number of anilines is 1. The van der Waals surface area contributed by atoms with Gasteiger partial charge in [-0.25, -0.2) is 0 Å². The summed E-state index contributed by atoms with van der Waals surface area (Å²) in [4.78, 5) is 14.5. The van der Waals surface area contributed by atoms with E-state index in [1.54, 1.807) is 0 Å². The van der Waals surface area contributed by atoms with Gasteiger partial charge in [-0.2, -0.15) is 0 Å². The van der Waals surface area contributed by atoms with E-state index in [1.807, 2.05) is 25.1 Å². The number of amides is 1. The third-order valence-electron chi connectivity index (χ3n) is 4.52. The number of benzene rings is 1. The zero-order valence-electron chi connectivity index (χ0n) is 12.4. The fourth-order valence-corrected chi connectivity index (χ4v) is 3.47. The molecule has 2 heterocycles. The van der Waals surface area contributed by atoms with Crippen LogP contribution in [0.1, 0.15) is 24.8 Å². The quantitative estimate of drug-likeness (QED) is 0.901. The highest BCUT2D eigenvalue weighted by atomic mass is 35.5. The van der Waals surface area contributed by atoms with Crippen molar-refractivity contribution in [2.45, 2.75) is 38.3 Å². The summed E-state index contributed by atoms with van der Waals surface area (Å²) < 4.78 is 0. The number of likely N-dealkylation sites (tertiary alicyclic amines) is 1. The van der Waals surface area contributed by atoms with Crippen molar-refractivity contribution in [3.63, 3.8) is 0 Å². The van der Waals surface area contributed by atoms with Crippen LogP contribution < -0.4 is 10.6 Å². The average molecular weight is 308 g/mol. The first kappa shape index (κ1) is 14.8. The van der Waals surface area contributed by atoms with Gasteiger partial charge in [0.15, 0.2) is 0 Å². The Balaban J connectivity index is 1.57. The number of nitrogens with zero attached hydrogens (tertiary/aromatic N) is 1. The smallest absolute Gasteiger partial charge is 0.238 e. The van der Waals surface area contributed by atoms with E-state index in [2.05, 4.69) is 15.5 Å². The van der Waals surface area contributed by atoms with E-state index in [0.29, 0.717) is 23.7 Å². The van der Waals surface area contributed by atoms with E-state index in [0.717, 1.165) is 30.8 Å². The largest absolute Gasteiger partial charge is 0.325 e. The van der Waals surface area contributed by atoms with Crippen LogP contribution in [0.3, 0.4) is 0 Å². The molecule has 0 aliphatic carbocycles. The number of nitrogens with one attached hydrogen (secondary N) is 2. The van der Waals surface area contributed by atoms with Gasteiger partial charge in [0, 0.05) is 35.9 Å². The molecular weight excluding hydrogens is 286 g/mol. The molecule has 0 radical (unpaired) electrons. The molecule has 114 valence electrons. The van der Waals surface area contributed by atoms with Gasteiger partial charge in [0.1, 0.15) is 0 Å². The van der Waals surface area contributed by atoms with Crippen LogP contribution in [0.15, 0.2) is 18.2 Å². The normalized spacial score (nSPS) is 25.6. The standard InChI is InChI=1S/C16H22ClN3O/c1-11-14(17)3-2-4-15(11)19-16(21)10-20-8-7-12-5-6-13(9-20)18-12/h2-4,12-13,18H,5-10H2,1H3,(H,19,21). The molecule has 0 spiro atoms. The number of hydrogen-bond donors (Lipinski definition) is 2. The number of hydrogen-bond acceptors (Lipinski definition) is 3. The summed E-state index contributed by atoms with van der Waals surface area (Å²) in [5, 5.41) is 7.29. The maximum absolute atomic E-state index is 12.2. The highest BCUT2D eigenvalue weighted by Crippen LogP contribution is 2.23. The van der Waals surface area contributed by atoms with Crippen molar-refractivity contribution in [2.75, 3.05) is 25.0 Å². The van der Waals surface area contributed by atoms with Crippen LogP contribution in [0.5, 0.6) is 0 Å². The minimum atomic E-state index is 0.0399. The lowest BCUT2D eigenvalue weighted by atomic mass is 10.1. The summed E-state index contributed by atoms with van der Waals surface area (Å²) in [7, 11) is 0. The lowest BCUT2D eigenvalue weighted by molar-refractivity contribution is -0.117. The van der Waals surface area contributed by atoms with Crippen LogP contribution in [0, 0.1) is 6.92 Å². The summed E-state index contributed by atoms with van der Waals surface area (Å²) in [6.45, 7) is 4.35. The minimum Gasteiger partial charge on any atom is -0.325 e. The van der Waals surface area contributed by atoms with Crippen LogP contribution in [0.4, 0.5) is 5.69 Å². The van der Waals surface area contributed by atoms with Crippen LogP contribution in [-0.4, -0.2) is 42.5 Å². The van der Waals surface area contributed by atoms with Gasteiger partial charge in [0.05, 0.1) is 6.54 Å². The van der Waals surface area contributed by atoms with Gasteiger partial charge in [-0.3, -0.25) is 9.69 Å². The van der Waals surface area contributed by atoms with Crippen molar-refractivity contribution >= 4 is 23.2 Å². The summed E-state index contributed by atoms with van der Waals surface area (Å²) in [6.07, 6.45) is 3.66. The molecule has 1 amide bonds. The summed E-state index contributed by atoms with van der Waals surface area (Å²) in [5.41, 5.74) is 1.73. The first-order valence-corrected chi connectivity index (χ1v) is 8.03. The van der Waals surface area contributed by atoms with Crippen molar-refractivity contribution in [1.29, 1.82) is 0 Å². The molecule has 2 bridgehead atoms. The predicted octanol–water partition coefficient (Wildman–Crippen LogP) is 2.41. The Morgan fingerprint density at radius 3 is 3.05 bits per heavy atom. The Kier molecular flexibility index (Phi) is 4.48. The zero-order chi connectivity index (χ0) is 14.8. The maximum Gasteiger partial charge on any atom is 0.238 e.